The number of H-pyrrole nitrogens is 1. The summed E-state index contributed by atoms with van der Waals surface area (Å²) >= 11 is 6.05. The Morgan fingerprint density at radius 1 is 1.31 bits per heavy atom. The van der Waals surface area contributed by atoms with Crippen LogP contribution in [0.4, 0.5) is 10.1 Å². The van der Waals surface area contributed by atoms with Crippen molar-refractivity contribution in [3.8, 4) is 5.75 Å². The second-order valence-electron chi connectivity index (χ2n) is 5.27. The Labute approximate surface area is 153 Å². The SMILES string of the molecule is COc1ccc(F)c(C(=O)c2c[nH]c(C(=O)Nc3cccnc3)c2)c1Cl. The molecular weight excluding hydrogens is 361 g/mol. The normalized spacial score (nSPS) is 10.4. The second kappa shape index (κ2) is 7.37. The summed E-state index contributed by atoms with van der Waals surface area (Å²) in [5.41, 5.74) is 0.415. The van der Waals surface area contributed by atoms with Gasteiger partial charge in [0.25, 0.3) is 5.91 Å². The van der Waals surface area contributed by atoms with Gasteiger partial charge in [0, 0.05) is 18.0 Å². The van der Waals surface area contributed by atoms with Crippen LogP contribution < -0.4 is 10.1 Å². The molecule has 0 radical (unpaired) electrons. The highest BCUT2D eigenvalue weighted by Gasteiger charge is 2.22. The van der Waals surface area contributed by atoms with Gasteiger partial charge in [0.1, 0.15) is 17.3 Å². The van der Waals surface area contributed by atoms with Crippen molar-refractivity contribution in [3.63, 3.8) is 0 Å². The van der Waals surface area contributed by atoms with Crippen molar-refractivity contribution in [3.05, 3.63) is 76.6 Å². The van der Waals surface area contributed by atoms with Gasteiger partial charge in [-0.25, -0.2) is 4.39 Å². The fourth-order valence-electron chi connectivity index (χ4n) is 2.34. The Hall–Kier alpha value is -3.19. The average Bonchev–Trinajstić information content (AvgIpc) is 3.13. The number of carbonyl (C=O) groups is 2. The minimum Gasteiger partial charge on any atom is -0.495 e. The number of methoxy groups -OCH3 is 1. The molecule has 0 fully saturated rings. The third-order valence-corrected chi connectivity index (χ3v) is 3.99. The quantitative estimate of drug-likeness (QED) is 0.668. The number of amides is 1. The van der Waals surface area contributed by atoms with Crippen LogP contribution in [0, 0.1) is 5.82 Å². The van der Waals surface area contributed by atoms with Crippen LogP contribution in [0.1, 0.15) is 26.4 Å². The molecule has 0 bridgehead atoms. The topological polar surface area (TPSA) is 84.1 Å². The van der Waals surface area contributed by atoms with E-state index in [9.17, 15) is 14.0 Å². The number of ether oxygens (including phenoxy) is 1. The van der Waals surface area contributed by atoms with E-state index < -0.39 is 17.5 Å². The van der Waals surface area contributed by atoms with E-state index in [1.54, 1.807) is 18.3 Å². The van der Waals surface area contributed by atoms with Crippen LogP contribution >= 0.6 is 11.6 Å². The van der Waals surface area contributed by atoms with Crippen LogP contribution in [0.5, 0.6) is 5.75 Å². The maximum atomic E-state index is 14.1. The van der Waals surface area contributed by atoms with E-state index in [0.29, 0.717) is 5.69 Å². The first kappa shape index (κ1) is 17.6. The molecular formula is C18H13ClFN3O3. The summed E-state index contributed by atoms with van der Waals surface area (Å²) in [7, 11) is 1.37. The standard InChI is InChI=1S/C18H13ClFN3O3/c1-26-14-5-4-12(20)15(16(14)19)17(24)10-7-13(22-8-10)18(25)23-11-3-2-6-21-9-11/h2-9,22H,1H3,(H,23,25). The fourth-order valence-corrected chi connectivity index (χ4v) is 2.65. The molecule has 2 aromatic heterocycles. The molecule has 2 N–H and O–H groups in total. The van der Waals surface area contributed by atoms with Crippen molar-refractivity contribution in [2.75, 3.05) is 12.4 Å². The third kappa shape index (κ3) is 3.43. The number of carbonyl (C=O) groups excluding carboxylic acids is 2. The molecule has 0 aliphatic carbocycles. The van der Waals surface area contributed by atoms with Crippen LogP contribution in [0.3, 0.4) is 0 Å². The Kier molecular flexibility index (Phi) is 4.99. The molecule has 0 spiro atoms. The molecule has 0 saturated carbocycles. The number of hydrogen-bond acceptors (Lipinski definition) is 4. The van der Waals surface area contributed by atoms with E-state index in [0.717, 1.165) is 6.07 Å². The molecule has 0 aliphatic rings. The van der Waals surface area contributed by atoms with Crippen molar-refractivity contribution in [2.45, 2.75) is 0 Å². The highest BCUT2D eigenvalue weighted by Crippen LogP contribution is 2.31. The van der Waals surface area contributed by atoms with E-state index in [2.05, 4.69) is 15.3 Å². The summed E-state index contributed by atoms with van der Waals surface area (Å²) in [5.74, 6) is -1.72. The lowest BCUT2D eigenvalue weighted by molar-refractivity contribution is 0.102. The molecule has 3 aromatic rings. The van der Waals surface area contributed by atoms with E-state index in [-0.39, 0.29) is 27.6 Å². The number of nitrogens with zero attached hydrogens (tertiary/aromatic N) is 1. The summed E-state index contributed by atoms with van der Waals surface area (Å²) in [5, 5.41) is 2.50. The van der Waals surface area contributed by atoms with Gasteiger partial charge in [0.15, 0.2) is 5.78 Å². The van der Waals surface area contributed by atoms with Crippen molar-refractivity contribution in [1.29, 1.82) is 0 Å². The molecule has 0 unspecified atom stereocenters. The number of aromatic amines is 1. The monoisotopic (exact) mass is 373 g/mol. The van der Waals surface area contributed by atoms with Crippen molar-refractivity contribution in [2.24, 2.45) is 0 Å². The van der Waals surface area contributed by atoms with Crippen LogP contribution in [-0.4, -0.2) is 28.8 Å². The average molecular weight is 374 g/mol. The zero-order valence-corrected chi connectivity index (χ0v) is 14.3. The van der Waals surface area contributed by atoms with Gasteiger partial charge in [-0.3, -0.25) is 14.6 Å². The first-order valence-corrected chi connectivity index (χ1v) is 7.85. The lowest BCUT2D eigenvalue weighted by Gasteiger charge is -2.08. The van der Waals surface area contributed by atoms with E-state index in [1.165, 1.54) is 31.6 Å². The minimum absolute atomic E-state index is 0.0930. The smallest absolute Gasteiger partial charge is 0.272 e. The van der Waals surface area contributed by atoms with Crippen LogP contribution in [0.25, 0.3) is 0 Å². The van der Waals surface area contributed by atoms with E-state index in [4.69, 9.17) is 16.3 Å². The Morgan fingerprint density at radius 2 is 2.12 bits per heavy atom. The number of aromatic nitrogens is 2. The second-order valence-corrected chi connectivity index (χ2v) is 5.64. The van der Waals surface area contributed by atoms with Crippen LogP contribution in [0.2, 0.25) is 5.02 Å². The Morgan fingerprint density at radius 3 is 2.81 bits per heavy atom. The predicted octanol–water partition coefficient (Wildman–Crippen LogP) is 3.69. The number of benzene rings is 1. The number of hydrogen-bond donors (Lipinski definition) is 2. The van der Waals surface area contributed by atoms with Gasteiger partial charge >= 0.3 is 0 Å². The van der Waals surface area contributed by atoms with E-state index >= 15 is 0 Å². The summed E-state index contributed by atoms with van der Waals surface area (Å²) in [6, 6.07) is 7.10. The molecule has 0 atom stereocenters. The lowest BCUT2D eigenvalue weighted by Crippen LogP contribution is -2.12. The minimum atomic E-state index is -0.775. The molecule has 1 amide bonds. The number of ketones is 1. The molecule has 1 aromatic carbocycles. The Bertz CT molecular complexity index is 973. The number of nitrogens with one attached hydrogen (secondary N) is 2. The first-order valence-electron chi connectivity index (χ1n) is 7.47. The molecule has 6 nitrogen and oxygen atoms in total. The predicted molar refractivity (Wildman–Crippen MR) is 94.4 cm³/mol. The first-order chi connectivity index (χ1) is 12.5. The number of halogens is 2. The van der Waals surface area contributed by atoms with Gasteiger partial charge < -0.3 is 15.0 Å². The zero-order chi connectivity index (χ0) is 18.7. The molecule has 2 heterocycles. The lowest BCUT2D eigenvalue weighted by atomic mass is 10.0. The number of rotatable bonds is 5. The maximum absolute atomic E-state index is 14.1. The molecule has 8 heteroatoms. The summed E-state index contributed by atoms with van der Waals surface area (Å²) < 4.78 is 19.1. The van der Waals surface area contributed by atoms with Gasteiger partial charge in [-0.15, -0.1) is 0 Å². The summed E-state index contributed by atoms with van der Waals surface area (Å²) in [6.07, 6.45) is 4.38. The van der Waals surface area contributed by atoms with Gasteiger partial charge in [-0.2, -0.15) is 0 Å². The Balaban J connectivity index is 1.86. The molecule has 0 aliphatic heterocycles. The van der Waals surface area contributed by atoms with Crippen molar-refractivity contribution < 1.29 is 18.7 Å². The summed E-state index contributed by atoms with van der Waals surface area (Å²) in [6.45, 7) is 0. The maximum Gasteiger partial charge on any atom is 0.272 e. The highest BCUT2D eigenvalue weighted by molar-refractivity contribution is 6.36. The number of pyridine rings is 1. The molecule has 132 valence electrons. The van der Waals surface area contributed by atoms with E-state index in [1.807, 2.05) is 0 Å². The molecule has 3 rings (SSSR count). The van der Waals surface area contributed by atoms with Crippen molar-refractivity contribution in [1.82, 2.24) is 9.97 Å². The van der Waals surface area contributed by atoms with Crippen LogP contribution in [0.15, 0.2) is 48.9 Å². The molecule has 26 heavy (non-hydrogen) atoms. The highest BCUT2D eigenvalue weighted by atomic mass is 35.5. The van der Waals surface area contributed by atoms with Crippen LogP contribution in [-0.2, 0) is 0 Å². The molecule has 0 saturated heterocycles. The van der Waals surface area contributed by atoms with Gasteiger partial charge in [0.05, 0.1) is 29.6 Å². The summed E-state index contributed by atoms with van der Waals surface area (Å²) in [4.78, 5) is 31.4. The third-order valence-electron chi connectivity index (χ3n) is 3.61. The van der Waals surface area contributed by atoms with Gasteiger partial charge in [-0.05, 0) is 30.3 Å². The van der Waals surface area contributed by atoms with Gasteiger partial charge in [0.2, 0.25) is 0 Å². The number of anilines is 1. The van der Waals surface area contributed by atoms with Crippen molar-refractivity contribution >= 4 is 29.0 Å². The van der Waals surface area contributed by atoms with Gasteiger partial charge in [-0.1, -0.05) is 11.6 Å². The fraction of sp³-hybridized carbons (Fsp3) is 0.0556. The largest absolute Gasteiger partial charge is 0.495 e. The zero-order valence-electron chi connectivity index (χ0n) is 13.5.